The molecule has 12 fully saturated rings. The predicted octanol–water partition coefficient (Wildman–Crippen LogP) is -23.3. The lowest BCUT2D eigenvalue weighted by Gasteiger charge is -2.52. The second-order valence-electron chi connectivity index (χ2n) is 37.1. The number of hydrogen-bond donors (Lipinski definition) is 33. The molecule has 64 heteroatoms. The van der Waals surface area contributed by atoms with Crippen LogP contribution < -0.4 is 21.3 Å². The Labute approximate surface area is 835 Å². The van der Waals surface area contributed by atoms with Crippen molar-refractivity contribution in [3.63, 3.8) is 0 Å². The molecule has 0 aromatic rings. The molecule has 4 amide bonds. The van der Waals surface area contributed by atoms with Gasteiger partial charge in [-0.2, -0.15) is 0 Å². The van der Waals surface area contributed by atoms with Gasteiger partial charge in [-0.05, 0) is 0 Å². The zero-order chi connectivity index (χ0) is 108. The van der Waals surface area contributed by atoms with Crippen molar-refractivity contribution in [3.8, 4) is 0 Å². The fourth-order valence-corrected chi connectivity index (χ4v) is 19.4. The highest BCUT2D eigenvalue weighted by atomic mass is 16.8. The molecule has 0 aromatic heterocycles. The summed E-state index contributed by atoms with van der Waals surface area (Å²) in [6, 6.07) is -8.00. The van der Waals surface area contributed by atoms with Gasteiger partial charge in [0.1, 0.15) is 287 Å². The van der Waals surface area contributed by atoms with E-state index in [0.29, 0.717) is 0 Å². The van der Waals surface area contributed by atoms with E-state index in [9.17, 15) is 167 Å². The fourth-order valence-electron chi connectivity index (χ4n) is 19.4. The molecule has 12 saturated heterocycles. The lowest BCUT2D eigenvalue weighted by atomic mass is 9.93. The van der Waals surface area contributed by atoms with Gasteiger partial charge in [0, 0.05) is 56.1 Å². The molecule has 0 saturated carbocycles. The highest BCUT2D eigenvalue weighted by molar-refractivity contribution is 5.74. The highest BCUT2D eigenvalue weighted by Gasteiger charge is 2.64. The number of aliphatic hydroxyl groups is 29. The molecule has 0 radical (unpaired) electrons. The minimum absolute atomic E-state index is 0.771. The van der Waals surface area contributed by atoms with Crippen molar-refractivity contribution in [2.24, 2.45) is 0 Å². The van der Waals surface area contributed by atoms with Crippen molar-refractivity contribution >= 4 is 23.6 Å². The van der Waals surface area contributed by atoms with Crippen molar-refractivity contribution in [1.82, 2.24) is 21.3 Å². The van der Waals surface area contributed by atoms with E-state index in [4.69, 9.17) is 128 Å². The SMILES string of the molecule is CO[C@H]1[C@@H](O)[C@@H](CO)O[C@@H](OC[C@H]2O[C@@H](OC[C@H]3O[C@@H](O[C@H]4[C@H](O)[C@@H](NC(C)=O)[C@H](O[C@@H]5[C@@H](O[C@H]6[C@H](O)[C@@H](CO[C@H]7O[C@H](CO)[C@@H](O)[C@H](O)[C@@H]7O)O[C@@H](O[C@H]7[C@H](O)[C@@H](NC(C)=O)[C@H](O[C@H]8[C@H](O)[C@@H](NC(C)=O)C(O)O[C@@H]8CO)O[C@@H]7CO)[C@H]6O[C@@H]6OC[C@@H](O)[C@H](O)[C@H]6O)O[C@H](CO)[C@@H](O)[C@@H]5O)O[C@@H]4CO)[C@H](NC(C)=O)[C@@H](O[C@@H]4O[C@H](CO[C@@H]5O[C@H](CO)[C@H](O)[C@H](OC)[C@H]5O)[C@H](O)[C@H](OC)[C@H]4O)[C@@H]3O)[C@H](O)[C@@H](OC)[C@H]2O)[C@@H]1O. The third-order valence-electron chi connectivity index (χ3n) is 27.2. The highest BCUT2D eigenvalue weighted by Crippen LogP contribution is 2.43. The molecule has 0 aromatic carbocycles. The summed E-state index contributed by atoms with van der Waals surface area (Å²) < 4.78 is 162. The van der Waals surface area contributed by atoms with Crippen LogP contribution in [-0.2, 0) is 147 Å². The van der Waals surface area contributed by atoms with Crippen LogP contribution in [0.3, 0.4) is 0 Å². The molecular formula is C83H140N4O60. The summed E-state index contributed by atoms with van der Waals surface area (Å²) in [5, 5.41) is 340. The number of rotatable bonds is 41. The zero-order valence-electron chi connectivity index (χ0n) is 80.2. The Morgan fingerprint density at radius 3 is 0.884 bits per heavy atom. The van der Waals surface area contributed by atoms with E-state index in [2.05, 4.69) is 21.3 Å². The van der Waals surface area contributed by atoms with E-state index in [1.165, 1.54) is 0 Å². The van der Waals surface area contributed by atoms with Gasteiger partial charge >= 0.3 is 0 Å². The summed E-state index contributed by atoms with van der Waals surface area (Å²) in [6.07, 6.45) is -113. The molecule has 0 spiro atoms. The summed E-state index contributed by atoms with van der Waals surface area (Å²) in [7, 11) is 4.33. The minimum atomic E-state index is -2.59. The Hall–Kier alpha value is -4.36. The van der Waals surface area contributed by atoms with Crippen LogP contribution in [0.4, 0.5) is 0 Å². The number of nitrogens with one attached hydrogen (secondary N) is 4. The second kappa shape index (κ2) is 54.1. The van der Waals surface area contributed by atoms with Gasteiger partial charge in [0.15, 0.2) is 75.5 Å². The summed E-state index contributed by atoms with van der Waals surface area (Å²) >= 11 is 0. The summed E-state index contributed by atoms with van der Waals surface area (Å²) in [5.41, 5.74) is 0. The first kappa shape index (κ1) is 121. The topological polar surface area (TPSA) is 952 Å². The molecule has 0 aliphatic carbocycles. The lowest BCUT2D eigenvalue weighted by Crippen LogP contribution is -2.72. The average molecular weight is 2150 g/mol. The largest absolute Gasteiger partial charge is 0.394 e. The zero-order valence-corrected chi connectivity index (χ0v) is 80.2. The van der Waals surface area contributed by atoms with E-state index in [1.807, 2.05) is 0 Å². The maximum absolute atomic E-state index is 13.8. The standard InChI is InChI=1S/C83H140N4O60/c1-21(95)84-37-50(109)61(30(13-92)130-72(37)120)141-73-38(85-22(2)96)52(111)63(32(15-94)135-73)143-83-71(147-77-55(114)41(100)25(99)16-125-77)69(49(108)36(140-83)20-126-76-56(115)53(112)42(101)26(9-88)131-76)145-82-70(54(113)43(102)27(10-89)134-82)146-74-39(86-23(3)97)51(110)62(31(14-93)136-74)142-75-40(87-24(4)98)64(144-81-60(119)68(124-8)48(107)35(139-81)19-128-79-58(117)66(122-6)45(104)29(12-91)133-79)46(105)33(137-75)17-129-80-59(118)67(123-7)47(106)34(138-80)18-127-78-57(116)65(121-5)44(103)28(11-90)132-78/h25-83,88-94,99-120H,9-20H2,1-8H3,(H,84,95)(H,85,96)(H,86,97)(H,87,98)/t25-,26-,27-,28-,29-,30-,31-,32-,33-,34-,35-,36-,37-,38-,39-,40-,41+,42-,43-,44+,45+,46-,47+,48+,49-,50-,51-,52-,53+,54+,55-,56+,57-,58-,59-,60-,61-,62-,63-,64-,65+,66+,67+,68+,69+,70+,71+,72?,73+,74+,75+,76+,77+,78-,79-,80-,81+,82-,83+/m1/s1. The van der Waals surface area contributed by atoms with Gasteiger partial charge in [-0.1, -0.05) is 0 Å². The van der Waals surface area contributed by atoms with E-state index in [0.717, 1.165) is 56.1 Å². The molecule has 12 aliphatic rings. The van der Waals surface area contributed by atoms with Gasteiger partial charge in [0.25, 0.3) is 0 Å². The molecule has 12 rings (SSSR count). The number of ether oxygens (including phenoxy) is 27. The number of carbonyl (C=O) groups excluding carboxylic acids is 4. The Balaban J connectivity index is 0.888. The Kier molecular flexibility index (Phi) is 44.6. The number of aliphatic hydroxyl groups excluding tert-OH is 29. The van der Waals surface area contributed by atoms with Crippen molar-refractivity contribution in [1.29, 1.82) is 0 Å². The van der Waals surface area contributed by atoms with E-state index < -0.39 is 465 Å². The predicted molar refractivity (Wildman–Crippen MR) is 454 cm³/mol. The number of hydrogen-bond acceptors (Lipinski definition) is 60. The molecule has 59 atom stereocenters. The van der Waals surface area contributed by atoms with Gasteiger partial charge in [-0.15, -0.1) is 0 Å². The Bertz CT molecular complexity index is 4020. The van der Waals surface area contributed by atoms with Crippen molar-refractivity contribution in [2.45, 2.75) is 390 Å². The summed E-state index contributed by atoms with van der Waals surface area (Å²) in [4.78, 5) is 53.1. The van der Waals surface area contributed by atoms with Gasteiger partial charge in [0.2, 0.25) is 23.6 Å². The average Bonchev–Trinajstić information content (AvgIpc) is 0.759. The monoisotopic (exact) mass is 2150 g/mol. The normalized spacial score (nSPS) is 49.1. The quantitative estimate of drug-likeness (QED) is 0.0270. The Morgan fingerprint density at radius 2 is 0.476 bits per heavy atom. The number of methoxy groups -OCH3 is 4. The van der Waals surface area contributed by atoms with Crippen LogP contribution in [-0.4, -0.2) is 642 Å². The van der Waals surface area contributed by atoms with Crippen LogP contribution in [0.1, 0.15) is 27.7 Å². The Morgan fingerprint density at radius 1 is 0.218 bits per heavy atom. The molecule has 852 valence electrons. The van der Waals surface area contributed by atoms with Crippen LogP contribution in [0.25, 0.3) is 0 Å². The molecule has 12 aliphatic heterocycles. The molecule has 0 bridgehead atoms. The number of carbonyl (C=O) groups is 4. The van der Waals surface area contributed by atoms with Crippen molar-refractivity contribution < 1.29 is 295 Å². The summed E-state index contributed by atoms with van der Waals surface area (Å²) in [6.45, 7) is -8.68. The molecule has 1 unspecified atom stereocenters. The fraction of sp³-hybridized carbons (Fsp3) is 0.952. The van der Waals surface area contributed by atoms with Crippen LogP contribution >= 0.6 is 0 Å². The van der Waals surface area contributed by atoms with Gasteiger partial charge < -0.3 is 297 Å². The van der Waals surface area contributed by atoms with E-state index >= 15 is 0 Å². The first-order valence-corrected chi connectivity index (χ1v) is 47.1. The van der Waals surface area contributed by atoms with Crippen LogP contribution in [0.15, 0.2) is 0 Å². The number of amides is 4. The van der Waals surface area contributed by atoms with Crippen LogP contribution in [0.5, 0.6) is 0 Å². The molecule has 147 heavy (non-hydrogen) atoms. The third kappa shape index (κ3) is 27.2. The molecule has 33 N–H and O–H groups in total. The van der Waals surface area contributed by atoms with Gasteiger partial charge in [-0.3, -0.25) is 19.2 Å². The van der Waals surface area contributed by atoms with E-state index in [1.54, 1.807) is 0 Å². The van der Waals surface area contributed by atoms with Gasteiger partial charge in [0.05, 0.1) is 79.3 Å². The molecule has 64 nitrogen and oxygen atoms in total. The molecular weight excluding hydrogens is 2010 g/mol. The second-order valence-corrected chi connectivity index (χ2v) is 37.1. The minimum Gasteiger partial charge on any atom is -0.394 e. The van der Waals surface area contributed by atoms with Gasteiger partial charge in [-0.25, -0.2) is 0 Å². The third-order valence-corrected chi connectivity index (χ3v) is 27.2. The summed E-state index contributed by atoms with van der Waals surface area (Å²) in [5.74, 6) is -3.93. The lowest BCUT2D eigenvalue weighted by molar-refractivity contribution is -0.411. The van der Waals surface area contributed by atoms with Crippen molar-refractivity contribution in [3.05, 3.63) is 0 Å². The van der Waals surface area contributed by atoms with Crippen LogP contribution in [0.2, 0.25) is 0 Å². The first-order chi connectivity index (χ1) is 69.8. The maximum Gasteiger partial charge on any atom is 0.217 e. The van der Waals surface area contributed by atoms with E-state index in [-0.39, 0.29) is 0 Å². The smallest absolute Gasteiger partial charge is 0.217 e. The van der Waals surface area contributed by atoms with Crippen molar-refractivity contribution in [2.75, 3.05) is 108 Å². The van der Waals surface area contributed by atoms with Crippen LogP contribution in [0, 0.1) is 0 Å². The molecule has 12 heterocycles. The maximum atomic E-state index is 13.8. The first-order valence-electron chi connectivity index (χ1n) is 47.1.